The molecular weight excluding hydrogens is 222 g/mol. The van der Waals surface area contributed by atoms with Crippen LogP contribution in [0.3, 0.4) is 0 Å². The summed E-state index contributed by atoms with van der Waals surface area (Å²) >= 11 is 4.03. The zero-order valence-corrected chi connectivity index (χ0v) is 10.3. The van der Waals surface area contributed by atoms with Crippen molar-refractivity contribution in [1.82, 2.24) is 5.32 Å². The highest BCUT2D eigenvalue weighted by Crippen LogP contribution is 2.19. The van der Waals surface area contributed by atoms with Gasteiger partial charge in [-0.3, -0.25) is 0 Å². The molecule has 3 nitrogen and oxygen atoms in total. The van der Waals surface area contributed by atoms with Gasteiger partial charge >= 0.3 is 0 Å². The Bertz CT molecular complexity index is 302. The lowest BCUT2D eigenvalue weighted by atomic mass is 10.0. The zero-order chi connectivity index (χ0) is 12.0. The molecule has 2 atom stereocenters. The molecule has 0 aliphatic rings. The van der Waals surface area contributed by atoms with Crippen LogP contribution in [0, 0.1) is 0 Å². The summed E-state index contributed by atoms with van der Waals surface area (Å²) in [5, 5.41) is 22.5. The fraction of sp³-hybridized carbons (Fsp3) is 0.500. The van der Waals surface area contributed by atoms with E-state index < -0.39 is 12.2 Å². The van der Waals surface area contributed by atoms with Gasteiger partial charge in [0.1, 0.15) is 6.10 Å². The molecular formula is C12H19NO2S. The maximum Gasteiger partial charge on any atom is 0.105 e. The number of aliphatic hydroxyl groups is 2. The summed E-state index contributed by atoms with van der Waals surface area (Å²) in [5.41, 5.74) is 1.90. The number of nitrogens with one attached hydrogen (secondary N) is 1. The Labute approximate surface area is 102 Å². The third kappa shape index (κ3) is 3.79. The van der Waals surface area contributed by atoms with Gasteiger partial charge in [0.2, 0.25) is 0 Å². The highest BCUT2D eigenvalue weighted by atomic mass is 32.1. The Morgan fingerprint density at radius 2 is 1.88 bits per heavy atom. The smallest absolute Gasteiger partial charge is 0.105 e. The average Bonchev–Trinajstić information content (AvgIpc) is 2.30. The normalized spacial score (nSPS) is 14.8. The molecule has 0 aliphatic heterocycles. The van der Waals surface area contributed by atoms with E-state index in [-0.39, 0.29) is 0 Å². The van der Waals surface area contributed by atoms with Crippen LogP contribution in [0.5, 0.6) is 0 Å². The van der Waals surface area contributed by atoms with Crippen molar-refractivity contribution in [3.63, 3.8) is 0 Å². The third-order valence-electron chi connectivity index (χ3n) is 2.49. The molecule has 0 saturated heterocycles. The van der Waals surface area contributed by atoms with E-state index in [1.54, 1.807) is 0 Å². The van der Waals surface area contributed by atoms with Crippen molar-refractivity contribution < 1.29 is 10.2 Å². The Kier molecular flexibility index (Phi) is 5.84. The van der Waals surface area contributed by atoms with Crippen molar-refractivity contribution in [3.8, 4) is 0 Å². The van der Waals surface area contributed by atoms with E-state index in [9.17, 15) is 10.2 Å². The molecule has 0 amide bonds. The van der Waals surface area contributed by atoms with Gasteiger partial charge in [0.15, 0.2) is 0 Å². The zero-order valence-electron chi connectivity index (χ0n) is 9.43. The van der Waals surface area contributed by atoms with Gasteiger partial charge < -0.3 is 15.5 Å². The van der Waals surface area contributed by atoms with Crippen LogP contribution >= 0.6 is 12.6 Å². The maximum atomic E-state index is 9.84. The first-order chi connectivity index (χ1) is 7.69. The molecule has 0 radical (unpaired) electrons. The Balaban J connectivity index is 2.65. The van der Waals surface area contributed by atoms with E-state index in [2.05, 4.69) is 17.9 Å². The Morgan fingerprint density at radius 1 is 1.25 bits per heavy atom. The van der Waals surface area contributed by atoms with Crippen LogP contribution < -0.4 is 5.32 Å². The molecule has 0 heterocycles. The monoisotopic (exact) mass is 241 g/mol. The molecule has 90 valence electrons. The number of thiol groups is 1. The number of hydrogen-bond acceptors (Lipinski definition) is 4. The quantitative estimate of drug-likeness (QED) is 0.565. The van der Waals surface area contributed by atoms with Gasteiger partial charge in [-0.2, -0.15) is 12.6 Å². The molecule has 1 aromatic rings. The van der Waals surface area contributed by atoms with Crippen molar-refractivity contribution in [2.75, 3.05) is 12.8 Å². The van der Waals surface area contributed by atoms with Crippen molar-refractivity contribution in [2.45, 2.75) is 25.2 Å². The molecule has 0 spiro atoms. The fourth-order valence-electron chi connectivity index (χ4n) is 1.55. The van der Waals surface area contributed by atoms with E-state index >= 15 is 0 Å². The summed E-state index contributed by atoms with van der Waals surface area (Å²) < 4.78 is 0. The molecule has 2 unspecified atom stereocenters. The van der Waals surface area contributed by atoms with Gasteiger partial charge in [0, 0.05) is 6.54 Å². The van der Waals surface area contributed by atoms with Crippen LogP contribution in [0.1, 0.15) is 23.7 Å². The summed E-state index contributed by atoms with van der Waals surface area (Å²) in [7, 11) is 1.89. The minimum atomic E-state index is -0.823. The van der Waals surface area contributed by atoms with Gasteiger partial charge in [-0.1, -0.05) is 24.3 Å². The molecule has 0 fully saturated rings. The van der Waals surface area contributed by atoms with Crippen molar-refractivity contribution in [1.29, 1.82) is 0 Å². The number of benzene rings is 1. The van der Waals surface area contributed by atoms with Crippen LogP contribution in [0.25, 0.3) is 0 Å². The van der Waals surface area contributed by atoms with Crippen LogP contribution in [0.15, 0.2) is 24.3 Å². The standard InChI is InChI=1S/C12H19NO2S/c1-13-8-9-2-4-10(5-3-9)12(15)11(14)6-7-16/h2-5,11-16H,6-8H2,1H3. The fourth-order valence-corrected chi connectivity index (χ4v) is 1.81. The minimum Gasteiger partial charge on any atom is -0.390 e. The summed E-state index contributed by atoms with van der Waals surface area (Å²) in [5.74, 6) is 0.566. The second-order valence-corrected chi connectivity index (χ2v) is 4.24. The molecule has 1 rings (SSSR count). The third-order valence-corrected chi connectivity index (χ3v) is 2.75. The van der Waals surface area contributed by atoms with Crippen LogP contribution in [0.4, 0.5) is 0 Å². The van der Waals surface area contributed by atoms with E-state index in [0.29, 0.717) is 12.2 Å². The predicted molar refractivity (Wildman–Crippen MR) is 68.6 cm³/mol. The second kappa shape index (κ2) is 6.91. The molecule has 4 heteroatoms. The molecule has 16 heavy (non-hydrogen) atoms. The van der Waals surface area contributed by atoms with Crippen molar-refractivity contribution in [2.24, 2.45) is 0 Å². The predicted octanol–water partition coefficient (Wildman–Crippen LogP) is 1.12. The summed E-state index contributed by atoms with van der Waals surface area (Å²) in [6, 6.07) is 7.59. The first-order valence-electron chi connectivity index (χ1n) is 5.39. The molecule has 1 aromatic carbocycles. The molecule has 0 aliphatic carbocycles. The van der Waals surface area contributed by atoms with E-state index in [4.69, 9.17) is 0 Å². The first kappa shape index (κ1) is 13.5. The summed E-state index contributed by atoms with van der Waals surface area (Å²) in [6.07, 6.45) is -1.08. The van der Waals surface area contributed by atoms with Crippen LogP contribution in [-0.4, -0.2) is 29.1 Å². The summed E-state index contributed by atoms with van der Waals surface area (Å²) in [6.45, 7) is 0.801. The number of rotatable bonds is 6. The lowest BCUT2D eigenvalue weighted by molar-refractivity contribution is 0.0172. The van der Waals surface area contributed by atoms with E-state index in [1.807, 2.05) is 31.3 Å². The van der Waals surface area contributed by atoms with Gasteiger partial charge in [-0.05, 0) is 30.3 Å². The molecule has 0 saturated carbocycles. The number of aliphatic hydroxyl groups excluding tert-OH is 2. The number of hydrogen-bond donors (Lipinski definition) is 4. The molecule has 0 aromatic heterocycles. The Hall–Kier alpha value is -0.550. The topological polar surface area (TPSA) is 52.5 Å². The van der Waals surface area contributed by atoms with E-state index in [0.717, 1.165) is 17.7 Å². The second-order valence-electron chi connectivity index (χ2n) is 3.80. The lowest BCUT2D eigenvalue weighted by Crippen LogP contribution is -2.18. The van der Waals surface area contributed by atoms with Gasteiger partial charge in [0.25, 0.3) is 0 Å². The van der Waals surface area contributed by atoms with Crippen LogP contribution in [-0.2, 0) is 6.54 Å². The lowest BCUT2D eigenvalue weighted by Gasteiger charge is -2.17. The van der Waals surface area contributed by atoms with Crippen molar-refractivity contribution >= 4 is 12.6 Å². The largest absolute Gasteiger partial charge is 0.390 e. The Morgan fingerprint density at radius 3 is 2.38 bits per heavy atom. The first-order valence-corrected chi connectivity index (χ1v) is 6.02. The van der Waals surface area contributed by atoms with Crippen molar-refractivity contribution in [3.05, 3.63) is 35.4 Å². The van der Waals surface area contributed by atoms with Gasteiger partial charge in [-0.25, -0.2) is 0 Å². The molecule has 3 N–H and O–H groups in total. The SMILES string of the molecule is CNCc1ccc(C(O)C(O)CCS)cc1. The molecule has 0 bridgehead atoms. The minimum absolute atomic E-state index is 0.489. The van der Waals surface area contributed by atoms with E-state index in [1.165, 1.54) is 0 Å². The highest BCUT2D eigenvalue weighted by Gasteiger charge is 2.17. The average molecular weight is 241 g/mol. The maximum absolute atomic E-state index is 9.84. The van der Waals surface area contributed by atoms with Gasteiger partial charge in [0.05, 0.1) is 6.10 Å². The highest BCUT2D eigenvalue weighted by molar-refractivity contribution is 7.80. The summed E-state index contributed by atoms with van der Waals surface area (Å²) in [4.78, 5) is 0. The van der Waals surface area contributed by atoms with Gasteiger partial charge in [-0.15, -0.1) is 0 Å². The van der Waals surface area contributed by atoms with Crippen LogP contribution in [0.2, 0.25) is 0 Å².